The fraction of sp³-hybridized carbons (Fsp3) is 0.667. The minimum atomic E-state index is -0.818. The highest BCUT2D eigenvalue weighted by Crippen LogP contribution is 2.18. The van der Waals surface area contributed by atoms with E-state index >= 15 is 0 Å². The predicted octanol–water partition coefficient (Wildman–Crippen LogP) is 0.486. The number of aliphatic carboxylic acids is 1. The van der Waals surface area contributed by atoms with Crippen LogP contribution >= 0.6 is 0 Å². The Morgan fingerprint density at radius 3 is 2.64 bits per heavy atom. The maximum absolute atomic E-state index is 12.2. The van der Waals surface area contributed by atoms with Crippen molar-refractivity contribution in [3.8, 4) is 6.07 Å². The molecular weight excluding hydrogens is 286 g/mol. The zero-order chi connectivity index (χ0) is 15.9. The van der Waals surface area contributed by atoms with Gasteiger partial charge < -0.3 is 20.1 Å². The second kappa shape index (κ2) is 7.80. The first-order valence-corrected chi connectivity index (χ1v) is 7.59. The smallest absolute Gasteiger partial charge is 0.306 e. The van der Waals surface area contributed by atoms with Gasteiger partial charge in [-0.05, 0) is 25.7 Å². The fourth-order valence-corrected chi connectivity index (χ4v) is 2.74. The van der Waals surface area contributed by atoms with Crippen LogP contribution < -0.4 is 5.32 Å². The van der Waals surface area contributed by atoms with Gasteiger partial charge in [-0.2, -0.15) is 5.26 Å². The fourth-order valence-electron chi connectivity index (χ4n) is 2.74. The Morgan fingerprint density at radius 2 is 2.09 bits per heavy atom. The molecule has 7 nitrogen and oxygen atoms in total. The summed E-state index contributed by atoms with van der Waals surface area (Å²) in [5.41, 5.74) is 0.0479. The molecule has 2 heterocycles. The zero-order valence-electron chi connectivity index (χ0n) is 12.5. The largest absolute Gasteiger partial charge is 0.481 e. The highest BCUT2D eigenvalue weighted by Gasteiger charge is 2.28. The van der Waals surface area contributed by atoms with Gasteiger partial charge in [-0.3, -0.25) is 9.59 Å². The van der Waals surface area contributed by atoms with Crippen molar-refractivity contribution in [3.63, 3.8) is 0 Å². The Balaban J connectivity index is 1.83. The van der Waals surface area contributed by atoms with Crippen molar-refractivity contribution in [2.45, 2.75) is 31.8 Å². The lowest BCUT2D eigenvalue weighted by molar-refractivity contribution is -0.145. The summed E-state index contributed by atoms with van der Waals surface area (Å²) in [6.45, 7) is 2.10. The van der Waals surface area contributed by atoms with E-state index in [9.17, 15) is 9.59 Å². The maximum atomic E-state index is 12.2. The first-order valence-electron chi connectivity index (χ1n) is 7.59. The number of carboxylic acids is 1. The standard InChI is InChI=1S/C15H21N3O4/c16-8-12(9-17-10-13-2-1-7-22-13)14(19)18-5-3-11(4-6-18)15(20)21/h9,11,13,17H,1-7,10H2,(H,20,21)/b12-9-. The molecule has 2 aliphatic heterocycles. The summed E-state index contributed by atoms with van der Waals surface area (Å²) in [5, 5.41) is 21.1. The van der Waals surface area contributed by atoms with Gasteiger partial charge in [0.25, 0.3) is 5.91 Å². The number of nitrogens with zero attached hydrogens (tertiary/aromatic N) is 2. The Morgan fingerprint density at radius 1 is 1.36 bits per heavy atom. The maximum Gasteiger partial charge on any atom is 0.306 e. The molecule has 0 bridgehead atoms. The van der Waals surface area contributed by atoms with E-state index in [0.717, 1.165) is 19.4 Å². The normalized spacial score (nSPS) is 23.1. The van der Waals surface area contributed by atoms with Gasteiger partial charge in [-0.15, -0.1) is 0 Å². The number of nitriles is 1. The first-order chi connectivity index (χ1) is 10.6. The van der Waals surface area contributed by atoms with Crippen LogP contribution in [0.15, 0.2) is 11.8 Å². The molecule has 0 aromatic heterocycles. The third-order valence-electron chi connectivity index (χ3n) is 4.10. The number of hydrogen-bond donors (Lipinski definition) is 2. The summed E-state index contributed by atoms with van der Waals surface area (Å²) in [7, 11) is 0. The first kappa shape index (κ1) is 16.3. The molecule has 7 heteroatoms. The van der Waals surface area contributed by atoms with Gasteiger partial charge in [0.1, 0.15) is 11.6 Å². The molecular formula is C15H21N3O4. The van der Waals surface area contributed by atoms with Crippen molar-refractivity contribution in [2.24, 2.45) is 5.92 Å². The van der Waals surface area contributed by atoms with E-state index in [1.165, 1.54) is 6.20 Å². The zero-order valence-corrected chi connectivity index (χ0v) is 12.5. The van der Waals surface area contributed by atoms with Gasteiger partial charge in [-0.25, -0.2) is 0 Å². The number of ether oxygens (including phenoxy) is 1. The Bertz CT molecular complexity index is 484. The lowest BCUT2D eigenvalue weighted by Gasteiger charge is -2.29. The summed E-state index contributed by atoms with van der Waals surface area (Å²) in [5.74, 6) is -1.55. The Hall–Kier alpha value is -2.07. The minimum absolute atomic E-state index is 0.0479. The van der Waals surface area contributed by atoms with E-state index in [4.69, 9.17) is 15.1 Å². The molecule has 1 atom stereocenters. The van der Waals surface area contributed by atoms with Crippen LogP contribution in [0.25, 0.3) is 0 Å². The molecule has 2 rings (SSSR count). The van der Waals surface area contributed by atoms with Gasteiger partial charge in [0, 0.05) is 32.4 Å². The quantitative estimate of drug-likeness (QED) is 0.566. The van der Waals surface area contributed by atoms with Crippen molar-refractivity contribution in [1.29, 1.82) is 5.26 Å². The Kier molecular flexibility index (Phi) is 5.78. The van der Waals surface area contributed by atoms with Crippen LogP contribution in [0.1, 0.15) is 25.7 Å². The predicted molar refractivity (Wildman–Crippen MR) is 77.6 cm³/mol. The van der Waals surface area contributed by atoms with Crippen molar-refractivity contribution in [3.05, 3.63) is 11.8 Å². The third kappa shape index (κ3) is 4.21. The molecule has 0 radical (unpaired) electrons. The van der Waals surface area contributed by atoms with Crippen LogP contribution in [0.5, 0.6) is 0 Å². The number of rotatable bonds is 5. The number of likely N-dealkylation sites (tertiary alicyclic amines) is 1. The minimum Gasteiger partial charge on any atom is -0.481 e. The van der Waals surface area contributed by atoms with Crippen LogP contribution in [0, 0.1) is 17.2 Å². The van der Waals surface area contributed by atoms with Crippen molar-refractivity contribution in [2.75, 3.05) is 26.2 Å². The molecule has 2 aliphatic rings. The van der Waals surface area contributed by atoms with Crippen molar-refractivity contribution in [1.82, 2.24) is 10.2 Å². The molecule has 1 amide bonds. The molecule has 1 unspecified atom stereocenters. The van der Waals surface area contributed by atoms with Crippen LogP contribution in [0.3, 0.4) is 0 Å². The van der Waals surface area contributed by atoms with E-state index in [1.54, 1.807) is 4.90 Å². The Labute approximate surface area is 129 Å². The van der Waals surface area contributed by atoms with Crippen LogP contribution in [-0.2, 0) is 14.3 Å². The molecule has 2 N–H and O–H groups in total. The summed E-state index contributed by atoms with van der Waals surface area (Å²) in [6, 6.07) is 1.91. The van der Waals surface area contributed by atoms with E-state index in [1.807, 2.05) is 6.07 Å². The second-order valence-electron chi connectivity index (χ2n) is 5.62. The van der Waals surface area contributed by atoms with Gasteiger partial charge in [0.05, 0.1) is 12.0 Å². The molecule has 0 aromatic rings. The summed E-state index contributed by atoms with van der Waals surface area (Å²) in [6.07, 6.45) is 4.47. The van der Waals surface area contributed by atoms with Crippen LogP contribution in [0.2, 0.25) is 0 Å². The number of carbonyl (C=O) groups is 2. The number of piperidine rings is 1. The van der Waals surface area contributed by atoms with Crippen LogP contribution in [-0.4, -0.2) is 54.2 Å². The summed E-state index contributed by atoms with van der Waals surface area (Å²) < 4.78 is 5.45. The summed E-state index contributed by atoms with van der Waals surface area (Å²) >= 11 is 0. The molecule has 120 valence electrons. The molecule has 0 spiro atoms. The van der Waals surface area contributed by atoms with Crippen molar-refractivity contribution >= 4 is 11.9 Å². The number of nitrogens with one attached hydrogen (secondary N) is 1. The van der Waals surface area contributed by atoms with E-state index in [-0.39, 0.29) is 17.6 Å². The van der Waals surface area contributed by atoms with Crippen molar-refractivity contribution < 1.29 is 19.4 Å². The van der Waals surface area contributed by atoms with Crippen LogP contribution in [0.4, 0.5) is 0 Å². The lowest BCUT2D eigenvalue weighted by atomic mass is 9.97. The molecule has 2 saturated heterocycles. The average Bonchev–Trinajstić information content (AvgIpc) is 3.04. The van der Waals surface area contributed by atoms with E-state index in [2.05, 4.69) is 5.32 Å². The second-order valence-corrected chi connectivity index (χ2v) is 5.62. The monoisotopic (exact) mass is 307 g/mol. The SMILES string of the molecule is N#C/C(=C/NCC1CCCO1)C(=O)N1CCC(C(=O)O)CC1. The number of carbonyl (C=O) groups excluding carboxylic acids is 1. The van der Waals surface area contributed by atoms with Gasteiger partial charge in [0.15, 0.2) is 0 Å². The van der Waals surface area contributed by atoms with Gasteiger partial charge in [-0.1, -0.05) is 0 Å². The molecule has 22 heavy (non-hydrogen) atoms. The van der Waals surface area contributed by atoms with Gasteiger partial charge >= 0.3 is 5.97 Å². The number of carboxylic acid groups (broad SMARTS) is 1. The molecule has 0 saturated carbocycles. The van der Waals surface area contributed by atoms with Gasteiger partial charge in [0.2, 0.25) is 0 Å². The third-order valence-corrected chi connectivity index (χ3v) is 4.10. The highest BCUT2D eigenvalue weighted by atomic mass is 16.5. The van der Waals surface area contributed by atoms with E-state index < -0.39 is 11.9 Å². The number of amides is 1. The number of hydrogen-bond acceptors (Lipinski definition) is 5. The average molecular weight is 307 g/mol. The molecule has 2 fully saturated rings. The highest BCUT2D eigenvalue weighted by molar-refractivity contribution is 5.97. The molecule has 0 aromatic carbocycles. The van der Waals surface area contributed by atoms with E-state index in [0.29, 0.717) is 32.5 Å². The topological polar surface area (TPSA) is 103 Å². The summed E-state index contributed by atoms with van der Waals surface area (Å²) in [4.78, 5) is 24.7. The lowest BCUT2D eigenvalue weighted by Crippen LogP contribution is -2.41. The molecule has 0 aliphatic carbocycles.